The third-order valence-corrected chi connectivity index (χ3v) is 6.80. The maximum atomic E-state index is 12.2. The van der Waals surface area contributed by atoms with Gasteiger partial charge in [-0.2, -0.15) is 0 Å². The Morgan fingerprint density at radius 2 is 1.86 bits per heavy atom. The molecule has 1 aliphatic heterocycles. The number of fused-ring (bicyclic) bond motifs is 2. The van der Waals surface area contributed by atoms with Crippen molar-refractivity contribution < 1.29 is 9.90 Å². The number of phenols is 1. The summed E-state index contributed by atoms with van der Waals surface area (Å²) in [5.41, 5.74) is 5.96. The molecule has 6 heteroatoms. The fourth-order valence-electron chi connectivity index (χ4n) is 3.69. The highest BCUT2D eigenvalue weighted by atomic mass is 35.5. The Balaban J connectivity index is 2.26. The quantitative estimate of drug-likeness (QED) is 0.397. The molecule has 2 nitrogen and oxygen atoms in total. The second-order valence-corrected chi connectivity index (χ2v) is 8.50. The van der Waals surface area contributed by atoms with E-state index >= 15 is 0 Å². The van der Waals surface area contributed by atoms with Crippen molar-refractivity contribution in [3.63, 3.8) is 0 Å². The maximum absolute atomic E-state index is 12.2. The van der Waals surface area contributed by atoms with Crippen LogP contribution < -0.4 is 21.4 Å². The Morgan fingerprint density at radius 1 is 1.11 bits per heavy atom. The van der Waals surface area contributed by atoms with Crippen LogP contribution in [-0.2, 0) is 0 Å². The van der Waals surface area contributed by atoms with Gasteiger partial charge in [-0.3, -0.25) is 4.79 Å². The molecule has 0 bridgehead atoms. The molecule has 0 saturated heterocycles. The van der Waals surface area contributed by atoms with Gasteiger partial charge in [0, 0.05) is 15.4 Å². The van der Waals surface area contributed by atoms with Gasteiger partial charge in [-0.1, -0.05) is 48.1 Å². The fourth-order valence-corrected chi connectivity index (χ4v) is 5.16. The molecule has 0 radical (unpaired) electrons. The maximum Gasteiger partial charge on any atom is 0.252 e. The van der Waals surface area contributed by atoms with Gasteiger partial charge in [-0.25, -0.2) is 0 Å². The summed E-state index contributed by atoms with van der Waals surface area (Å²) in [7, 11) is 3.88. The number of halogens is 1. The second-order valence-electron chi connectivity index (χ2n) is 7.11. The first kappa shape index (κ1) is 19.0. The van der Waals surface area contributed by atoms with Gasteiger partial charge in [-0.15, -0.1) is 0 Å². The molecular weight excluding hydrogens is 385 g/mol. The topological polar surface area (TPSA) is 37.3 Å². The normalized spacial score (nSPS) is 12.4. The lowest BCUT2D eigenvalue weighted by atomic mass is 9.79. The molecule has 4 rings (SSSR count). The fraction of sp³-hybridized carbons (Fsp3) is 0.0455. The summed E-state index contributed by atoms with van der Waals surface area (Å²) in [4.78, 5) is 14.5. The van der Waals surface area contributed by atoms with Crippen molar-refractivity contribution in [1.82, 2.24) is 0 Å². The zero-order valence-corrected chi connectivity index (χ0v) is 17.5. The Labute approximate surface area is 174 Å². The molecule has 3 aromatic rings. The lowest BCUT2D eigenvalue weighted by molar-refractivity contribution is 0.108. The first-order valence-corrected chi connectivity index (χ1v) is 10.1. The number of rotatable bonds is 2. The summed E-state index contributed by atoms with van der Waals surface area (Å²) in [6.45, 7) is 6.20. The lowest BCUT2D eigenvalue weighted by Gasteiger charge is -2.24. The van der Waals surface area contributed by atoms with Gasteiger partial charge in [0.25, 0.3) is 5.24 Å². The molecule has 0 spiro atoms. The minimum Gasteiger partial charge on any atom is -0.509 e. The largest absolute Gasteiger partial charge is 0.509 e. The van der Waals surface area contributed by atoms with Crippen molar-refractivity contribution in [2.24, 2.45) is 0 Å². The number of hydrogen-bond donors (Lipinski definition) is 1. The van der Waals surface area contributed by atoms with Crippen LogP contribution in [0.5, 0.6) is 5.75 Å². The number of hydrogen-bond acceptors (Lipinski definition) is 3. The van der Waals surface area contributed by atoms with Crippen molar-refractivity contribution in [3.8, 4) is 5.75 Å². The summed E-state index contributed by atoms with van der Waals surface area (Å²) in [5, 5.41) is 11.9. The minimum atomic E-state index is -0.537. The smallest absolute Gasteiger partial charge is 0.252 e. The highest BCUT2D eigenvalue weighted by Crippen LogP contribution is 2.39. The van der Waals surface area contributed by atoms with E-state index in [1.165, 1.54) is 11.6 Å². The number of carbonyl (C=O) groups is 1. The van der Waals surface area contributed by atoms with E-state index in [4.69, 9.17) is 11.6 Å². The van der Waals surface area contributed by atoms with Gasteiger partial charge < -0.3 is 5.11 Å². The Bertz CT molecular complexity index is 1280. The van der Waals surface area contributed by atoms with Crippen LogP contribution >= 0.6 is 23.4 Å². The molecule has 0 fully saturated rings. The molecule has 0 saturated carbocycles. The summed E-state index contributed by atoms with van der Waals surface area (Å²) >= 11 is 7.66. The predicted molar refractivity (Wildman–Crippen MR) is 123 cm³/mol. The van der Waals surface area contributed by atoms with Crippen molar-refractivity contribution in [3.05, 3.63) is 75.2 Å². The highest BCUT2D eigenvalue weighted by molar-refractivity contribution is 7.99. The Morgan fingerprint density at radius 3 is 2.57 bits per heavy atom. The van der Waals surface area contributed by atoms with E-state index in [2.05, 4.69) is 39.5 Å². The molecule has 0 unspecified atom stereocenters. The number of carbonyl (C=O) groups excluding carboxylic acids is 1. The molecule has 3 aromatic carbocycles. The van der Waals surface area contributed by atoms with Gasteiger partial charge in [0.1, 0.15) is 21.4 Å². The van der Waals surface area contributed by atoms with E-state index in [0.717, 1.165) is 36.8 Å². The second kappa shape index (κ2) is 6.91. The molecule has 0 aromatic heterocycles. The molecule has 0 aliphatic carbocycles. The number of aryl methyl sites for hydroxylation is 1. The van der Waals surface area contributed by atoms with Gasteiger partial charge >= 0.3 is 0 Å². The average Bonchev–Trinajstić information content (AvgIpc) is 2.65. The van der Waals surface area contributed by atoms with Crippen LogP contribution in [0.2, 0.25) is 0 Å². The molecule has 136 valence electrons. The zero-order valence-electron chi connectivity index (χ0n) is 15.9. The van der Waals surface area contributed by atoms with E-state index in [9.17, 15) is 9.90 Å². The van der Waals surface area contributed by atoms with E-state index < -0.39 is 5.24 Å². The number of phenolic OH excluding ortho intramolecular Hbond substituents is 1. The zero-order chi connectivity index (χ0) is 20.2. The molecule has 28 heavy (non-hydrogen) atoms. The van der Waals surface area contributed by atoms with Gasteiger partial charge in [-0.05, 0) is 74.9 Å². The first-order chi connectivity index (χ1) is 13.3. The van der Waals surface area contributed by atoms with Crippen molar-refractivity contribution in [2.45, 2.75) is 16.7 Å². The molecular formula is C22H17B2ClO2S. The Kier molecular flexibility index (Phi) is 4.68. The monoisotopic (exact) mass is 402 g/mol. The van der Waals surface area contributed by atoms with Crippen LogP contribution in [0, 0.1) is 6.92 Å². The van der Waals surface area contributed by atoms with Crippen LogP contribution in [0.4, 0.5) is 0 Å². The van der Waals surface area contributed by atoms with Crippen molar-refractivity contribution >= 4 is 67.4 Å². The third-order valence-electron chi connectivity index (χ3n) is 5.30. The van der Waals surface area contributed by atoms with E-state index in [0.29, 0.717) is 16.6 Å². The minimum absolute atomic E-state index is 0.142. The first-order valence-electron chi connectivity index (χ1n) is 8.94. The molecule has 1 N–H and O–H groups in total. The van der Waals surface area contributed by atoms with Crippen molar-refractivity contribution in [1.29, 1.82) is 0 Å². The Hall–Kier alpha value is -2.36. The van der Waals surface area contributed by atoms with Crippen LogP contribution in [-0.4, -0.2) is 26.0 Å². The summed E-state index contributed by atoms with van der Waals surface area (Å²) in [6, 6.07) is 13.4. The van der Waals surface area contributed by atoms with E-state index in [-0.39, 0.29) is 5.75 Å². The van der Waals surface area contributed by atoms with Crippen LogP contribution in [0.3, 0.4) is 0 Å². The molecule has 1 heterocycles. The average molecular weight is 403 g/mol. The van der Waals surface area contributed by atoms with Crippen LogP contribution in [0.25, 0.3) is 12.2 Å². The molecule has 1 aliphatic rings. The predicted octanol–water partition coefficient (Wildman–Crippen LogP) is 0.719. The molecule has 0 atom stereocenters. The van der Waals surface area contributed by atoms with E-state index in [1.54, 1.807) is 17.8 Å². The number of benzene rings is 3. The van der Waals surface area contributed by atoms with Crippen molar-refractivity contribution in [2.75, 3.05) is 0 Å². The summed E-state index contributed by atoms with van der Waals surface area (Å²) in [5.74, 6) is 0.142. The lowest BCUT2D eigenvalue weighted by Crippen LogP contribution is -2.35. The standard InChI is InChI=1S/C22H17B2ClO2S/c1-10-3-5-12-16(9-10)28-21-13(6-4-11(2)19(21)23)17(12)18-14(22(25)27)7-8-15(26)20(18)24/h3-9,26H,2,23-24H2,1H3. The SMILES string of the molecule is Bc1c(O)ccc(C(=O)Cl)c1C1=c2ccc(=C)c(B)c2Sc2cc(C)ccc21. The highest BCUT2D eigenvalue weighted by Gasteiger charge is 2.25. The van der Waals surface area contributed by atoms with Gasteiger partial charge in [0.15, 0.2) is 0 Å². The van der Waals surface area contributed by atoms with Crippen LogP contribution in [0.15, 0.2) is 52.3 Å². The summed E-state index contributed by atoms with van der Waals surface area (Å²) < 4.78 is 0. The van der Waals surface area contributed by atoms with Gasteiger partial charge in [0.05, 0.1) is 0 Å². The molecule has 0 amide bonds. The number of aromatic hydroxyl groups is 1. The third kappa shape index (κ3) is 2.90. The van der Waals surface area contributed by atoms with Gasteiger partial charge in [0.2, 0.25) is 0 Å². The van der Waals surface area contributed by atoms with Crippen LogP contribution in [0.1, 0.15) is 27.0 Å². The van der Waals surface area contributed by atoms with E-state index in [1.807, 2.05) is 20.0 Å². The summed E-state index contributed by atoms with van der Waals surface area (Å²) in [6.07, 6.45) is 0.